The van der Waals surface area contributed by atoms with E-state index < -0.39 is 5.82 Å². The molecule has 0 amide bonds. The van der Waals surface area contributed by atoms with Crippen molar-refractivity contribution in [1.82, 2.24) is 9.97 Å². The van der Waals surface area contributed by atoms with Crippen LogP contribution in [0.5, 0.6) is 0 Å². The third-order valence-corrected chi connectivity index (χ3v) is 0.744. The highest BCUT2D eigenvalue weighted by Crippen LogP contribution is 1.95. The number of hydrogen-bond acceptors (Lipinski definition) is 2. The highest BCUT2D eigenvalue weighted by molar-refractivity contribution is 5.04. The first-order chi connectivity index (χ1) is 3.80. The van der Waals surface area contributed by atoms with E-state index in [9.17, 15) is 4.39 Å². The Bertz CT molecular complexity index is 167. The van der Waals surface area contributed by atoms with Gasteiger partial charge in [-0.25, -0.2) is 14.4 Å². The van der Waals surface area contributed by atoms with Crippen molar-refractivity contribution in [3.63, 3.8) is 0 Å². The summed E-state index contributed by atoms with van der Waals surface area (Å²) in [5.41, 5.74) is 0.139. The maximum Gasteiger partial charge on any atom is 0.162 e. The molecule has 0 saturated carbocycles. The first-order valence-corrected chi connectivity index (χ1v) is 2.08. The molecular formula is C5H4FN2. The van der Waals surface area contributed by atoms with Crippen molar-refractivity contribution in [2.24, 2.45) is 0 Å². The van der Waals surface area contributed by atoms with Crippen molar-refractivity contribution in [2.45, 2.75) is 0 Å². The van der Waals surface area contributed by atoms with E-state index >= 15 is 0 Å². The van der Waals surface area contributed by atoms with Crippen LogP contribution in [-0.4, -0.2) is 9.97 Å². The molecule has 0 unspecified atom stereocenters. The van der Waals surface area contributed by atoms with Crippen molar-refractivity contribution in [3.8, 4) is 0 Å². The third kappa shape index (κ3) is 0.804. The number of hydrogen-bond donors (Lipinski definition) is 0. The summed E-state index contributed by atoms with van der Waals surface area (Å²) in [5, 5.41) is 0. The van der Waals surface area contributed by atoms with Crippen LogP contribution in [0.2, 0.25) is 0 Å². The molecule has 2 nitrogen and oxygen atoms in total. The largest absolute Gasteiger partial charge is 0.242 e. The smallest absolute Gasteiger partial charge is 0.162 e. The van der Waals surface area contributed by atoms with Gasteiger partial charge < -0.3 is 0 Å². The minimum absolute atomic E-state index is 0.139. The molecule has 0 aliphatic rings. The molecule has 0 spiro atoms. The van der Waals surface area contributed by atoms with Crippen molar-refractivity contribution in [1.29, 1.82) is 0 Å². The van der Waals surface area contributed by atoms with Crippen LogP contribution in [0.25, 0.3) is 0 Å². The molecule has 0 aliphatic carbocycles. The van der Waals surface area contributed by atoms with Gasteiger partial charge in [-0.3, -0.25) is 0 Å². The molecule has 3 heteroatoms. The zero-order chi connectivity index (χ0) is 5.98. The van der Waals surface area contributed by atoms with Crippen LogP contribution < -0.4 is 0 Å². The van der Waals surface area contributed by atoms with E-state index in [0.29, 0.717) is 0 Å². The lowest BCUT2D eigenvalue weighted by molar-refractivity contribution is 0.607. The fourth-order valence-corrected chi connectivity index (χ4v) is 0.338. The monoisotopic (exact) mass is 111 g/mol. The molecule has 0 saturated heterocycles. The molecule has 0 bridgehead atoms. The predicted molar refractivity (Wildman–Crippen MR) is 26.4 cm³/mol. The van der Waals surface area contributed by atoms with Gasteiger partial charge in [0.1, 0.15) is 6.33 Å². The Kier molecular flexibility index (Phi) is 1.20. The van der Waals surface area contributed by atoms with Gasteiger partial charge in [-0.05, 0) is 6.92 Å². The zero-order valence-corrected chi connectivity index (χ0v) is 4.13. The van der Waals surface area contributed by atoms with Crippen LogP contribution in [0.4, 0.5) is 4.39 Å². The summed E-state index contributed by atoms with van der Waals surface area (Å²) < 4.78 is 12.1. The lowest BCUT2D eigenvalue weighted by Crippen LogP contribution is -1.86. The van der Waals surface area contributed by atoms with Crippen molar-refractivity contribution < 1.29 is 4.39 Å². The molecule has 0 N–H and O–H groups in total. The Balaban J connectivity index is 3.13. The van der Waals surface area contributed by atoms with Gasteiger partial charge in [0.25, 0.3) is 0 Å². The molecule has 8 heavy (non-hydrogen) atoms. The van der Waals surface area contributed by atoms with Crippen LogP contribution in [0.15, 0.2) is 12.5 Å². The second-order valence-electron chi connectivity index (χ2n) is 1.32. The first-order valence-electron chi connectivity index (χ1n) is 2.08. The maximum atomic E-state index is 12.1. The average molecular weight is 111 g/mol. The van der Waals surface area contributed by atoms with Crippen LogP contribution in [0, 0.1) is 12.7 Å². The highest BCUT2D eigenvalue weighted by atomic mass is 19.1. The van der Waals surface area contributed by atoms with Crippen molar-refractivity contribution in [3.05, 3.63) is 31.0 Å². The highest BCUT2D eigenvalue weighted by Gasteiger charge is 1.91. The van der Waals surface area contributed by atoms with E-state index in [4.69, 9.17) is 0 Å². The fourth-order valence-electron chi connectivity index (χ4n) is 0.338. The van der Waals surface area contributed by atoms with Gasteiger partial charge >= 0.3 is 0 Å². The summed E-state index contributed by atoms with van der Waals surface area (Å²) in [6.45, 7) is 3.29. The summed E-state index contributed by atoms with van der Waals surface area (Å²) in [4.78, 5) is 6.90. The summed E-state index contributed by atoms with van der Waals surface area (Å²) in [6, 6.07) is 0. The molecule has 1 aromatic heterocycles. The summed E-state index contributed by atoms with van der Waals surface area (Å²) in [5.74, 6) is -0.465. The molecular weight excluding hydrogens is 107 g/mol. The minimum atomic E-state index is -0.465. The van der Waals surface area contributed by atoms with E-state index in [1.165, 1.54) is 6.33 Å². The Morgan fingerprint density at radius 1 is 1.62 bits per heavy atom. The molecule has 41 valence electrons. The molecule has 1 rings (SSSR count). The van der Waals surface area contributed by atoms with Crippen molar-refractivity contribution >= 4 is 0 Å². The minimum Gasteiger partial charge on any atom is -0.242 e. The average Bonchev–Trinajstić information content (AvgIpc) is 1.77. The Labute approximate surface area is 46.4 Å². The van der Waals surface area contributed by atoms with Crippen LogP contribution in [0.1, 0.15) is 5.69 Å². The predicted octanol–water partition coefficient (Wildman–Crippen LogP) is 0.798. The maximum absolute atomic E-state index is 12.1. The SMILES string of the molecule is [CH2]c1ncncc1F. The van der Waals surface area contributed by atoms with Gasteiger partial charge in [-0.15, -0.1) is 0 Å². The number of aromatic nitrogens is 2. The van der Waals surface area contributed by atoms with Crippen LogP contribution in [-0.2, 0) is 0 Å². The van der Waals surface area contributed by atoms with E-state index in [1.54, 1.807) is 0 Å². The molecule has 0 aliphatic heterocycles. The number of rotatable bonds is 0. The van der Waals surface area contributed by atoms with Gasteiger partial charge in [0.2, 0.25) is 0 Å². The molecule has 1 radical (unpaired) electrons. The van der Waals surface area contributed by atoms with Gasteiger partial charge in [-0.2, -0.15) is 0 Å². The van der Waals surface area contributed by atoms with Crippen LogP contribution in [0.3, 0.4) is 0 Å². The quantitative estimate of drug-likeness (QED) is 0.494. The summed E-state index contributed by atoms with van der Waals surface area (Å²) in [6.07, 6.45) is 2.33. The molecule has 0 aromatic carbocycles. The van der Waals surface area contributed by atoms with E-state index in [1.807, 2.05) is 0 Å². The second-order valence-corrected chi connectivity index (χ2v) is 1.32. The number of nitrogens with zero attached hydrogens (tertiary/aromatic N) is 2. The molecule has 0 fully saturated rings. The van der Waals surface area contributed by atoms with Crippen molar-refractivity contribution in [2.75, 3.05) is 0 Å². The first kappa shape index (κ1) is 5.15. The number of halogens is 1. The van der Waals surface area contributed by atoms with E-state index in [2.05, 4.69) is 16.9 Å². The van der Waals surface area contributed by atoms with Gasteiger partial charge in [0.15, 0.2) is 5.82 Å². The topological polar surface area (TPSA) is 25.8 Å². The lowest BCUT2D eigenvalue weighted by Gasteiger charge is -1.87. The van der Waals surface area contributed by atoms with Gasteiger partial charge in [0.05, 0.1) is 11.9 Å². The van der Waals surface area contributed by atoms with E-state index in [0.717, 1.165) is 6.20 Å². The normalized spacial score (nSPS) is 9.25. The van der Waals surface area contributed by atoms with Crippen LogP contribution >= 0.6 is 0 Å². The Morgan fingerprint density at radius 2 is 2.38 bits per heavy atom. The second kappa shape index (κ2) is 1.86. The lowest BCUT2D eigenvalue weighted by atomic mass is 10.4. The Morgan fingerprint density at radius 3 is 2.75 bits per heavy atom. The fraction of sp³-hybridized carbons (Fsp3) is 0. The molecule has 1 heterocycles. The Hall–Kier alpha value is -0.990. The summed E-state index contributed by atoms with van der Waals surface area (Å²) in [7, 11) is 0. The zero-order valence-electron chi connectivity index (χ0n) is 4.13. The molecule has 0 atom stereocenters. The van der Waals surface area contributed by atoms with E-state index in [-0.39, 0.29) is 5.69 Å². The third-order valence-electron chi connectivity index (χ3n) is 0.744. The standard InChI is InChI=1S/C5H4FN2/c1-4-5(6)2-7-3-8-4/h2-3H,1H2. The summed E-state index contributed by atoms with van der Waals surface area (Å²) >= 11 is 0. The molecule has 1 aromatic rings. The van der Waals surface area contributed by atoms with Gasteiger partial charge in [0, 0.05) is 0 Å². The van der Waals surface area contributed by atoms with Gasteiger partial charge in [-0.1, -0.05) is 0 Å².